The highest BCUT2D eigenvalue weighted by molar-refractivity contribution is 4.83. The van der Waals surface area contributed by atoms with Gasteiger partial charge in [-0.2, -0.15) is 0 Å². The number of β-amino-alcohol motifs (C(OH)–C–C–N with tert-alkyl or cyclic N) is 1. The summed E-state index contributed by atoms with van der Waals surface area (Å²) in [6.45, 7) is 0.686. The van der Waals surface area contributed by atoms with Crippen LogP contribution in [0.2, 0.25) is 0 Å². The van der Waals surface area contributed by atoms with Crippen LogP contribution >= 0.6 is 0 Å². The number of hydrogen-bond donors (Lipinski definition) is 2. The molecule has 0 aromatic heterocycles. The molecule has 1 aliphatic rings. The van der Waals surface area contributed by atoms with E-state index < -0.39 is 0 Å². The SMILES string of the molecule is [CH2-]N1C[C@H](O)C[C@H]1CO. The van der Waals surface area contributed by atoms with Crippen molar-refractivity contribution in [3.8, 4) is 0 Å². The van der Waals surface area contributed by atoms with Crippen molar-refractivity contribution in [3.63, 3.8) is 0 Å². The Morgan fingerprint density at radius 3 is 2.56 bits per heavy atom. The topological polar surface area (TPSA) is 43.7 Å². The molecule has 2 N–H and O–H groups in total. The third kappa shape index (κ3) is 1.41. The Bertz CT molecular complexity index is 97.1. The molecular formula is C6H12NO2-. The van der Waals surface area contributed by atoms with Gasteiger partial charge in [-0.25, -0.2) is 0 Å². The van der Waals surface area contributed by atoms with Gasteiger partial charge in [0.25, 0.3) is 0 Å². The van der Waals surface area contributed by atoms with Crippen molar-refractivity contribution in [2.75, 3.05) is 13.2 Å². The van der Waals surface area contributed by atoms with Crippen molar-refractivity contribution in [1.82, 2.24) is 4.90 Å². The molecule has 3 heteroatoms. The van der Waals surface area contributed by atoms with E-state index in [9.17, 15) is 0 Å². The Labute approximate surface area is 54.9 Å². The number of hydrogen-bond acceptors (Lipinski definition) is 3. The van der Waals surface area contributed by atoms with Crippen LogP contribution in [0.1, 0.15) is 6.42 Å². The molecule has 2 atom stereocenters. The highest BCUT2D eigenvalue weighted by Crippen LogP contribution is 2.14. The summed E-state index contributed by atoms with van der Waals surface area (Å²) >= 11 is 0. The fourth-order valence-corrected chi connectivity index (χ4v) is 1.15. The smallest absolute Gasteiger partial charge is 0.0658 e. The standard InChI is InChI=1S/C6H12NO2/c1-7-3-6(9)2-5(7)4-8/h5-6,8-9H,1-4H2/q-1/t5-,6+/m0/s1. The summed E-state index contributed by atoms with van der Waals surface area (Å²) < 4.78 is 0. The molecule has 1 saturated heterocycles. The summed E-state index contributed by atoms with van der Waals surface area (Å²) in [6, 6.07) is 0.0694. The summed E-state index contributed by atoms with van der Waals surface area (Å²) in [4.78, 5) is 1.73. The summed E-state index contributed by atoms with van der Waals surface area (Å²) in [5.74, 6) is 0. The third-order valence-corrected chi connectivity index (χ3v) is 1.72. The van der Waals surface area contributed by atoms with Gasteiger partial charge in [-0.3, -0.25) is 7.05 Å². The lowest BCUT2D eigenvalue weighted by Gasteiger charge is -2.24. The second-order valence-corrected chi connectivity index (χ2v) is 2.50. The van der Waals surface area contributed by atoms with Gasteiger partial charge < -0.3 is 15.1 Å². The quantitative estimate of drug-likeness (QED) is 0.457. The van der Waals surface area contributed by atoms with Crippen LogP contribution < -0.4 is 0 Å². The van der Waals surface area contributed by atoms with E-state index in [2.05, 4.69) is 7.05 Å². The van der Waals surface area contributed by atoms with Gasteiger partial charge in [-0.15, -0.1) is 0 Å². The van der Waals surface area contributed by atoms with Crippen molar-refractivity contribution in [2.24, 2.45) is 0 Å². The highest BCUT2D eigenvalue weighted by Gasteiger charge is 2.22. The maximum Gasteiger partial charge on any atom is 0.0658 e. The summed E-state index contributed by atoms with van der Waals surface area (Å²) in [5, 5.41) is 17.7. The molecular weight excluding hydrogens is 118 g/mol. The lowest BCUT2D eigenvalue weighted by Crippen LogP contribution is -2.26. The molecule has 0 aromatic carbocycles. The summed E-state index contributed by atoms with van der Waals surface area (Å²) in [7, 11) is 3.65. The van der Waals surface area contributed by atoms with Gasteiger partial charge in [-0.05, 0) is 13.0 Å². The fourth-order valence-electron chi connectivity index (χ4n) is 1.15. The van der Waals surface area contributed by atoms with Crippen LogP contribution in [0, 0.1) is 7.05 Å². The van der Waals surface area contributed by atoms with Crippen molar-refractivity contribution < 1.29 is 10.2 Å². The predicted octanol–water partition coefficient (Wildman–Crippen LogP) is -0.795. The first kappa shape index (κ1) is 6.99. The molecule has 9 heavy (non-hydrogen) atoms. The van der Waals surface area contributed by atoms with Gasteiger partial charge >= 0.3 is 0 Å². The van der Waals surface area contributed by atoms with Crippen molar-refractivity contribution in [2.45, 2.75) is 18.6 Å². The normalized spacial score (nSPS) is 37.7. The average Bonchev–Trinajstić information content (AvgIpc) is 2.10. The minimum Gasteiger partial charge on any atom is -0.453 e. The molecule has 0 spiro atoms. The van der Waals surface area contributed by atoms with E-state index in [0.717, 1.165) is 0 Å². The molecule has 0 aliphatic carbocycles. The number of likely N-dealkylation sites (tertiary alicyclic amines) is 1. The van der Waals surface area contributed by atoms with Crippen molar-refractivity contribution in [1.29, 1.82) is 0 Å². The molecule has 0 bridgehead atoms. The van der Waals surface area contributed by atoms with Crippen LogP contribution in [0.4, 0.5) is 0 Å². The van der Waals surface area contributed by atoms with Gasteiger partial charge in [0.1, 0.15) is 0 Å². The summed E-state index contributed by atoms with van der Waals surface area (Å²) in [5.41, 5.74) is 0. The molecule has 0 aromatic rings. The van der Waals surface area contributed by atoms with Gasteiger partial charge in [0.2, 0.25) is 0 Å². The monoisotopic (exact) mass is 130 g/mol. The number of nitrogens with zero attached hydrogens (tertiary/aromatic N) is 1. The second-order valence-electron chi connectivity index (χ2n) is 2.50. The number of aliphatic hydroxyl groups is 2. The lowest BCUT2D eigenvalue weighted by atomic mass is 10.2. The largest absolute Gasteiger partial charge is 0.453 e. The summed E-state index contributed by atoms with van der Waals surface area (Å²) in [6.07, 6.45) is 0.361. The number of aliphatic hydroxyl groups excluding tert-OH is 2. The van der Waals surface area contributed by atoms with Gasteiger partial charge in [0.05, 0.1) is 12.7 Å². The molecule has 1 aliphatic heterocycles. The van der Waals surface area contributed by atoms with E-state index in [0.29, 0.717) is 13.0 Å². The Morgan fingerprint density at radius 1 is 1.67 bits per heavy atom. The molecule has 1 heterocycles. The third-order valence-electron chi connectivity index (χ3n) is 1.72. The number of rotatable bonds is 1. The van der Waals surface area contributed by atoms with Gasteiger partial charge in [-0.1, -0.05) is 0 Å². The van der Waals surface area contributed by atoms with E-state index in [4.69, 9.17) is 10.2 Å². The molecule has 0 unspecified atom stereocenters. The maximum absolute atomic E-state index is 9.01. The van der Waals surface area contributed by atoms with E-state index in [1.165, 1.54) is 0 Å². The van der Waals surface area contributed by atoms with Gasteiger partial charge in [0.15, 0.2) is 0 Å². The zero-order valence-corrected chi connectivity index (χ0v) is 5.32. The van der Waals surface area contributed by atoms with Crippen LogP contribution in [-0.2, 0) is 0 Å². The first-order valence-corrected chi connectivity index (χ1v) is 3.10. The maximum atomic E-state index is 9.01. The molecule has 1 rings (SSSR count). The lowest BCUT2D eigenvalue weighted by molar-refractivity contribution is 0.184. The molecule has 3 nitrogen and oxygen atoms in total. The van der Waals surface area contributed by atoms with Crippen LogP contribution in [0.25, 0.3) is 0 Å². The Balaban J connectivity index is 2.38. The highest BCUT2D eigenvalue weighted by atomic mass is 16.3. The molecule has 54 valence electrons. The zero-order valence-electron chi connectivity index (χ0n) is 5.32. The van der Waals surface area contributed by atoms with E-state index >= 15 is 0 Å². The van der Waals surface area contributed by atoms with Crippen LogP contribution in [0.15, 0.2) is 0 Å². The zero-order chi connectivity index (χ0) is 6.85. The van der Waals surface area contributed by atoms with Crippen molar-refractivity contribution in [3.05, 3.63) is 7.05 Å². The second kappa shape index (κ2) is 2.64. The molecule has 1 fully saturated rings. The molecule has 0 radical (unpaired) electrons. The van der Waals surface area contributed by atoms with Crippen molar-refractivity contribution >= 4 is 0 Å². The fraction of sp³-hybridized carbons (Fsp3) is 0.833. The van der Waals surface area contributed by atoms with E-state index in [1.807, 2.05) is 0 Å². The van der Waals surface area contributed by atoms with Gasteiger partial charge in [0, 0.05) is 6.04 Å². The van der Waals surface area contributed by atoms with E-state index in [1.54, 1.807) is 4.90 Å². The average molecular weight is 130 g/mol. The Hall–Kier alpha value is -0.120. The Morgan fingerprint density at radius 2 is 2.33 bits per heavy atom. The first-order chi connectivity index (χ1) is 4.24. The first-order valence-electron chi connectivity index (χ1n) is 3.10. The minimum absolute atomic E-state index is 0.0694. The molecule has 0 saturated carbocycles. The van der Waals surface area contributed by atoms with Crippen LogP contribution in [0.5, 0.6) is 0 Å². The van der Waals surface area contributed by atoms with Crippen LogP contribution in [-0.4, -0.2) is 40.4 Å². The predicted molar refractivity (Wildman–Crippen MR) is 33.6 cm³/mol. The Kier molecular flexibility index (Phi) is 2.05. The van der Waals surface area contributed by atoms with E-state index in [-0.39, 0.29) is 18.8 Å². The van der Waals surface area contributed by atoms with Crippen LogP contribution in [0.3, 0.4) is 0 Å². The molecule has 0 amide bonds. The minimum atomic E-state index is -0.292.